The predicted octanol–water partition coefficient (Wildman–Crippen LogP) is 0.887. The number of nitrogens with one attached hydrogen (secondary N) is 2. The van der Waals surface area contributed by atoms with E-state index in [0.29, 0.717) is 5.92 Å². The number of amides is 1. The molecule has 2 atom stereocenters. The van der Waals surface area contributed by atoms with Crippen LogP contribution in [0.2, 0.25) is 0 Å². The minimum atomic E-state index is 0.0252. The summed E-state index contributed by atoms with van der Waals surface area (Å²) in [6.45, 7) is 6.62. The van der Waals surface area contributed by atoms with Crippen LogP contribution in [-0.2, 0) is 4.79 Å². The van der Waals surface area contributed by atoms with Crippen molar-refractivity contribution < 1.29 is 4.79 Å². The molecule has 4 nitrogen and oxygen atoms in total. The van der Waals surface area contributed by atoms with E-state index in [1.54, 1.807) is 11.8 Å². The molecule has 5 heteroatoms. The molecule has 0 aromatic heterocycles. The minimum absolute atomic E-state index is 0.0252. The van der Waals surface area contributed by atoms with Gasteiger partial charge in [-0.25, -0.2) is 0 Å². The van der Waals surface area contributed by atoms with Crippen LogP contribution >= 0.6 is 11.8 Å². The average Bonchev–Trinajstić information content (AvgIpc) is 2.91. The largest absolute Gasteiger partial charge is 0.354 e. The lowest BCUT2D eigenvalue weighted by atomic mass is 10.1. The van der Waals surface area contributed by atoms with Gasteiger partial charge in [-0.05, 0) is 31.8 Å². The van der Waals surface area contributed by atoms with E-state index < -0.39 is 0 Å². The predicted molar refractivity (Wildman–Crippen MR) is 76.7 cm³/mol. The fourth-order valence-corrected chi connectivity index (χ4v) is 3.55. The molecule has 1 amide bonds. The number of thioether (sulfide) groups is 1. The number of piperidine rings is 1. The highest BCUT2D eigenvalue weighted by Crippen LogP contribution is 2.11. The molecule has 0 radical (unpaired) electrons. The second-order valence-corrected chi connectivity index (χ2v) is 6.51. The third-order valence-corrected chi connectivity index (χ3v) is 4.62. The molecule has 0 bridgehead atoms. The summed E-state index contributed by atoms with van der Waals surface area (Å²) in [6.07, 6.45) is 4.05. The zero-order chi connectivity index (χ0) is 12.8. The highest BCUT2D eigenvalue weighted by molar-refractivity contribution is 7.99. The van der Waals surface area contributed by atoms with E-state index in [1.165, 1.54) is 32.4 Å². The van der Waals surface area contributed by atoms with Gasteiger partial charge in [-0.1, -0.05) is 13.3 Å². The first-order valence-corrected chi connectivity index (χ1v) is 8.22. The van der Waals surface area contributed by atoms with Crippen LogP contribution in [-0.4, -0.2) is 54.7 Å². The highest BCUT2D eigenvalue weighted by Gasteiger charge is 2.22. The summed E-state index contributed by atoms with van der Waals surface area (Å²) in [5.41, 5.74) is 0. The van der Waals surface area contributed by atoms with Crippen molar-refractivity contribution in [3.63, 3.8) is 0 Å². The Balaban J connectivity index is 1.61. The zero-order valence-electron chi connectivity index (χ0n) is 11.3. The number of likely N-dealkylation sites (tertiary alicyclic amines) is 1. The summed E-state index contributed by atoms with van der Waals surface area (Å²) < 4.78 is 0. The number of rotatable bonds is 5. The van der Waals surface area contributed by atoms with Crippen LogP contribution in [0.25, 0.3) is 0 Å². The number of hydrogen-bond acceptors (Lipinski definition) is 4. The van der Waals surface area contributed by atoms with E-state index in [4.69, 9.17) is 0 Å². The molecule has 2 aliphatic heterocycles. The Hall–Kier alpha value is -0.260. The highest BCUT2D eigenvalue weighted by atomic mass is 32.2. The number of hydrogen-bond donors (Lipinski definition) is 2. The third kappa shape index (κ3) is 4.44. The molecule has 2 N–H and O–H groups in total. The maximum absolute atomic E-state index is 11.8. The minimum Gasteiger partial charge on any atom is -0.354 e. The van der Waals surface area contributed by atoms with Gasteiger partial charge in [0.05, 0.1) is 6.04 Å². The van der Waals surface area contributed by atoms with E-state index in [0.717, 1.165) is 24.7 Å². The van der Waals surface area contributed by atoms with Gasteiger partial charge in [0, 0.05) is 24.7 Å². The van der Waals surface area contributed by atoms with Crippen LogP contribution in [0.4, 0.5) is 0 Å². The molecule has 0 aromatic rings. The summed E-state index contributed by atoms with van der Waals surface area (Å²) >= 11 is 1.79. The molecule has 0 aromatic carbocycles. The molecule has 0 spiro atoms. The topological polar surface area (TPSA) is 44.4 Å². The molecule has 2 unspecified atom stereocenters. The first kappa shape index (κ1) is 14.2. The van der Waals surface area contributed by atoms with Gasteiger partial charge in [0.2, 0.25) is 5.91 Å². The van der Waals surface area contributed by atoms with Crippen molar-refractivity contribution in [1.82, 2.24) is 15.5 Å². The van der Waals surface area contributed by atoms with Crippen molar-refractivity contribution in [3.05, 3.63) is 0 Å². The van der Waals surface area contributed by atoms with E-state index in [9.17, 15) is 4.79 Å². The van der Waals surface area contributed by atoms with Gasteiger partial charge in [0.25, 0.3) is 0 Å². The molecular formula is C13H25N3OS. The van der Waals surface area contributed by atoms with Crippen molar-refractivity contribution in [2.75, 3.05) is 37.8 Å². The standard InChI is InChI=1S/C13H25N3OS/c1-11(8-16-5-3-2-4-6-16)7-14-13(17)12-9-18-10-15-12/h11-12,15H,2-10H2,1H3,(H,14,17). The maximum Gasteiger partial charge on any atom is 0.238 e. The molecule has 0 saturated carbocycles. The van der Waals surface area contributed by atoms with Gasteiger partial charge >= 0.3 is 0 Å². The number of carbonyl (C=O) groups excluding carboxylic acids is 1. The first-order valence-electron chi connectivity index (χ1n) is 7.07. The summed E-state index contributed by atoms with van der Waals surface area (Å²) in [5, 5.41) is 6.27. The Morgan fingerprint density at radius 3 is 2.89 bits per heavy atom. The van der Waals surface area contributed by atoms with Gasteiger partial charge in [-0.2, -0.15) is 0 Å². The van der Waals surface area contributed by atoms with Gasteiger partial charge in [0.15, 0.2) is 0 Å². The van der Waals surface area contributed by atoms with Crippen LogP contribution in [0.15, 0.2) is 0 Å². The van der Waals surface area contributed by atoms with Gasteiger partial charge < -0.3 is 10.2 Å². The van der Waals surface area contributed by atoms with Crippen LogP contribution in [0.5, 0.6) is 0 Å². The molecule has 2 aliphatic rings. The molecule has 0 aliphatic carbocycles. The fraction of sp³-hybridized carbons (Fsp3) is 0.923. The third-order valence-electron chi connectivity index (χ3n) is 3.68. The van der Waals surface area contributed by atoms with Gasteiger partial charge in [-0.3, -0.25) is 10.1 Å². The van der Waals surface area contributed by atoms with Crippen molar-refractivity contribution >= 4 is 17.7 Å². The van der Waals surface area contributed by atoms with Crippen molar-refractivity contribution in [2.24, 2.45) is 5.92 Å². The van der Waals surface area contributed by atoms with Gasteiger partial charge in [-0.15, -0.1) is 11.8 Å². The lowest BCUT2D eigenvalue weighted by Crippen LogP contribution is -2.45. The van der Waals surface area contributed by atoms with E-state index in [-0.39, 0.29) is 11.9 Å². The Labute approximate surface area is 114 Å². The zero-order valence-corrected chi connectivity index (χ0v) is 12.1. The Kier molecular flexibility index (Phi) is 5.79. The lowest BCUT2D eigenvalue weighted by Gasteiger charge is -2.29. The van der Waals surface area contributed by atoms with Crippen LogP contribution in [0.3, 0.4) is 0 Å². The maximum atomic E-state index is 11.8. The summed E-state index contributed by atoms with van der Waals surface area (Å²) in [6, 6.07) is 0.0252. The normalized spacial score (nSPS) is 27.1. The Morgan fingerprint density at radius 1 is 1.44 bits per heavy atom. The smallest absolute Gasteiger partial charge is 0.238 e. The Morgan fingerprint density at radius 2 is 2.22 bits per heavy atom. The monoisotopic (exact) mass is 271 g/mol. The van der Waals surface area contributed by atoms with Crippen LogP contribution in [0, 0.1) is 5.92 Å². The quantitative estimate of drug-likeness (QED) is 0.779. The second kappa shape index (κ2) is 7.36. The molecule has 2 saturated heterocycles. The number of carbonyl (C=O) groups is 1. The summed E-state index contributed by atoms with van der Waals surface area (Å²) in [5.74, 6) is 2.53. The van der Waals surface area contributed by atoms with Crippen LogP contribution in [0.1, 0.15) is 26.2 Å². The molecular weight excluding hydrogens is 246 g/mol. The molecule has 104 valence electrons. The van der Waals surface area contributed by atoms with Crippen LogP contribution < -0.4 is 10.6 Å². The SMILES string of the molecule is CC(CNC(=O)C1CSCN1)CN1CCCCC1. The molecule has 2 rings (SSSR count). The van der Waals surface area contributed by atoms with Crippen molar-refractivity contribution in [1.29, 1.82) is 0 Å². The van der Waals surface area contributed by atoms with Gasteiger partial charge in [0.1, 0.15) is 0 Å². The average molecular weight is 271 g/mol. The molecule has 18 heavy (non-hydrogen) atoms. The van der Waals surface area contributed by atoms with E-state index >= 15 is 0 Å². The summed E-state index contributed by atoms with van der Waals surface area (Å²) in [7, 11) is 0. The second-order valence-electron chi connectivity index (χ2n) is 5.48. The molecule has 2 fully saturated rings. The Bertz CT molecular complexity index is 263. The van der Waals surface area contributed by atoms with E-state index in [2.05, 4.69) is 22.5 Å². The number of nitrogens with zero attached hydrogens (tertiary/aromatic N) is 1. The van der Waals surface area contributed by atoms with Crippen molar-refractivity contribution in [3.8, 4) is 0 Å². The lowest BCUT2D eigenvalue weighted by molar-refractivity contribution is -0.122. The first-order chi connectivity index (χ1) is 8.75. The summed E-state index contributed by atoms with van der Waals surface area (Å²) in [4.78, 5) is 14.4. The van der Waals surface area contributed by atoms with E-state index in [1.807, 2.05) is 0 Å². The van der Waals surface area contributed by atoms with Crippen molar-refractivity contribution in [2.45, 2.75) is 32.2 Å². The molecule has 2 heterocycles. The fourth-order valence-electron chi connectivity index (χ4n) is 2.61.